The number of aliphatic hydroxyl groups is 1. The summed E-state index contributed by atoms with van der Waals surface area (Å²) in [4.78, 5) is 31.7. The van der Waals surface area contributed by atoms with Crippen LogP contribution in [0.2, 0.25) is 19.6 Å². The highest BCUT2D eigenvalue weighted by molar-refractivity contribution is 7.09. The summed E-state index contributed by atoms with van der Waals surface area (Å²) >= 11 is 1.59. The second-order valence-corrected chi connectivity index (χ2v) is 18.1. The van der Waals surface area contributed by atoms with E-state index in [1.807, 2.05) is 46.1 Å². The number of aliphatic hydroxyl groups excluding tert-OH is 1. The molecule has 1 aliphatic heterocycles. The summed E-state index contributed by atoms with van der Waals surface area (Å²) in [6.07, 6.45) is 5.51. The number of Topliss-reactive ketones (excluding diaryl/α,β-unsaturated/α-hetero) is 1. The lowest BCUT2D eigenvalue weighted by atomic mass is 9.73. The maximum absolute atomic E-state index is 13.7. The van der Waals surface area contributed by atoms with Crippen molar-refractivity contribution in [3.63, 3.8) is 0 Å². The summed E-state index contributed by atoms with van der Waals surface area (Å²) in [7, 11) is -2.12. The van der Waals surface area contributed by atoms with Gasteiger partial charge in [-0.05, 0) is 77.2 Å². The number of carbonyl (C=O) groups excluding carboxylic acids is 2. The van der Waals surface area contributed by atoms with Crippen LogP contribution in [0.3, 0.4) is 0 Å². The standard InChI is InChI=1S/C30H49NO5SSi/c1-19-12-11-13-20(2)28(33)22(4)29(34)30(6,7)26(36-38(8,9)10)17-27(32)35-25(15-14-19)21(3)16-24-18-37-23(5)31-24/h14,16,18,20,22,25-26,28,33H,11-13,15,17H2,1-10H3/b19-14-,21-16+/t20-,22+,25-,26-,28-/m0/s1. The zero-order valence-electron chi connectivity index (χ0n) is 25.1. The van der Waals surface area contributed by atoms with Gasteiger partial charge >= 0.3 is 5.97 Å². The Balaban J connectivity index is 2.46. The molecule has 1 aromatic rings. The number of aromatic nitrogens is 1. The molecule has 8 heteroatoms. The average Bonchev–Trinajstić information content (AvgIpc) is 3.22. The molecule has 0 aliphatic carbocycles. The van der Waals surface area contributed by atoms with Gasteiger partial charge in [-0.1, -0.05) is 39.3 Å². The van der Waals surface area contributed by atoms with Crippen LogP contribution >= 0.6 is 11.3 Å². The number of rotatable bonds is 4. The quantitative estimate of drug-likeness (QED) is 0.238. The molecule has 0 amide bonds. The van der Waals surface area contributed by atoms with Gasteiger partial charge in [-0.25, -0.2) is 4.98 Å². The SMILES string of the molecule is C/C1=C/C[C@@H](/C(C)=C/c2csc(C)n2)OC(=O)C[C@H](O[Si](C)(C)C)C(C)(C)C(=O)[C@H](C)[C@@H](O)[C@@H](C)CCC1. The molecule has 0 radical (unpaired) electrons. The molecule has 5 atom stereocenters. The Morgan fingerprint density at radius 3 is 2.47 bits per heavy atom. The molecule has 0 saturated heterocycles. The maximum Gasteiger partial charge on any atom is 0.309 e. The van der Waals surface area contributed by atoms with Crippen molar-refractivity contribution >= 4 is 37.5 Å². The van der Waals surface area contributed by atoms with Crippen molar-refractivity contribution in [2.75, 3.05) is 0 Å². The van der Waals surface area contributed by atoms with Crippen LogP contribution in [0.15, 0.2) is 22.6 Å². The minimum atomic E-state index is -2.12. The van der Waals surface area contributed by atoms with E-state index >= 15 is 0 Å². The van der Waals surface area contributed by atoms with E-state index in [0.717, 1.165) is 35.5 Å². The van der Waals surface area contributed by atoms with E-state index in [1.165, 1.54) is 5.57 Å². The molecule has 0 bridgehead atoms. The summed E-state index contributed by atoms with van der Waals surface area (Å²) in [5.74, 6) is -1.04. The highest BCUT2D eigenvalue weighted by Gasteiger charge is 2.45. The Labute approximate surface area is 235 Å². The minimum Gasteiger partial charge on any atom is -0.457 e. The first-order valence-electron chi connectivity index (χ1n) is 13.9. The molecule has 2 heterocycles. The van der Waals surface area contributed by atoms with Crippen LogP contribution in [0.1, 0.15) is 84.3 Å². The number of hydrogen-bond acceptors (Lipinski definition) is 7. The van der Waals surface area contributed by atoms with Crippen LogP contribution in [-0.2, 0) is 18.8 Å². The van der Waals surface area contributed by atoms with Crippen LogP contribution in [-0.4, -0.2) is 48.5 Å². The van der Waals surface area contributed by atoms with Gasteiger partial charge in [0.1, 0.15) is 11.9 Å². The molecule has 1 N–H and O–H groups in total. The topological polar surface area (TPSA) is 85.7 Å². The number of carbonyl (C=O) groups is 2. The van der Waals surface area contributed by atoms with Crippen LogP contribution in [0.25, 0.3) is 6.08 Å². The lowest BCUT2D eigenvalue weighted by molar-refractivity contribution is -0.153. The van der Waals surface area contributed by atoms with Crippen molar-refractivity contribution < 1.29 is 23.9 Å². The zero-order chi connectivity index (χ0) is 28.8. The predicted molar refractivity (Wildman–Crippen MR) is 159 cm³/mol. The van der Waals surface area contributed by atoms with E-state index in [4.69, 9.17) is 9.16 Å². The Morgan fingerprint density at radius 2 is 1.89 bits per heavy atom. The summed E-state index contributed by atoms with van der Waals surface area (Å²) < 4.78 is 12.5. The largest absolute Gasteiger partial charge is 0.457 e. The van der Waals surface area contributed by atoms with E-state index in [-0.39, 0.29) is 24.1 Å². The smallest absolute Gasteiger partial charge is 0.309 e. The summed E-state index contributed by atoms with van der Waals surface area (Å²) in [5.41, 5.74) is 2.05. The van der Waals surface area contributed by atoms with E-state index in [9.17, 15) is 14.7 Å². The molecule has 0 spiro atoms. The first-order chi connectivity index (χ1) is 17.5. The third kappa shape index (κ3) is 9.54. The number of ketones is 1. The van der Waals surface area contributed by atoms with Gasteiger partial charge in [0.2, 0.25) is 0 Å². The number of hydrogen-bond donors (Lipinski definition) is 1. The van der Waals surface area contributed by atoms with Gasteiger partial charge in [0, 0.05) is 23.1 Å². The average molecular weight is 564 g/mol. The third-order valence-electron chi connectivity index (χ3n) is 7.50. The van der Waals surface area contributed by atoms with Crippen molar-refractivity contribution in [2.24, 2.45) is 17.3 Å². The van der Waals surface area contributed by atoms with Gasteiger partial charge in [0.05, 0.1) is 29.3 Å². The first-order valence-corrected chi connectivity index (χ1v) is 18.2. The van der Waals surface area contributed by atoms with E-state index in [0.29, 0.717) is 6.42 Å². The molecule has 214 valence electrons. The fraction of sp³-hybridized carbons (Fsp3) is 0.700. The van der Waals surface area contributed by atoms with Crippen molar-refractivity contribution in [1.29, 1.82) is 0 Å². The summed E-state index contributed by atoms with van der Waals surface area (Å²) in [5, 5.41) is 14.0. The highest BCUT2D eigenvalue weighted by atomic mass is 32.1. The Kier molecular flexibility index (Phi) is 11.7. The van der Waals surface area contributed by atoms with Gasteiger partial charge in [-0.2, -0.15) is 0 Å². The maximum atomic E-state index is 13.7. The molecule has 0 unspecified atom stereocenters. The lowest BCUT2D eigenvalue weighted by Gasteiger charge is -2.39. The monoisotopic (exact) mass is 563 g/mol. The molecular weight excluding hydrogens is 514 g/mol. The zero-order valence-corrected chi connectivity index (χ0v) is 26.9. The van der Waals surface area contributed by atoms with Gasteiger partial charge < -0.3 is 14.3 Å². The number of aryl methyl sites for hydroxylation is 1. The van der Waals surface area contributed by atoms with Crippen LogP contribution < -0.4 is 0 Å². The summed E-state index contributed by atoms with van der Waals surface area (Å²) in [6.45, 7) is 19.7. The van der Waals surface area contributed by atoms with Crippen LogP contribution in [0, 0.1) is 24.2 Å². The van der Waals surface area contributed by atoms with Crippen molar-refractivity contribution in [3.05, 3.63) is 33.3 Å². The number of thiazole rings is 1. The number of esters is 1. The van der Waals surface area contributed by atoms with Crippen molar-refractivity contribution in [1.82, 2.24) is 4.98 Å². The molecule has 0 fully saturated rings. The van der Waals surface area contributed by atoms with Gasteiger partial charge in [-0.15, -0.1) is 11.3 Å². The van der Waals surface area contributed by atoms with Gasteiger partial charge in [0.25, 0.3) is 0 Å². The lowest BCUT2D eigenvalue weighted by Crippen LogP contribution is -2.49. The summed E-state index contributed by atoms with van der Waals surface area (Å²) in [6, 6.07) is 0. The fourth-order valence-electron chi connectivity index (χ4n) is 5.01. The van der Waals surface area contributed by atoms with Gasteiger partial charge in [-0.3, -0.25) is 9.59 Å². The van der Waals surface area contributed by atoms with Gasteiger partial charge in [0.15, 0.2) is 8.32 Å². The van der Waals surface area contributed by atoms with Crippen molar-refractivity contribution in [3.8, 4) is 0 Å². The molecule has 1 aliphatic rings. The third-order valence-corrected chi connectivity index (χ3v) is 9.28. The van der Waals surface area contributed by atoms with Crippen LogP contribution in [0.5, 0.6) is 0 Å². The molecule has 6 nitrogen and oxygen atoms in total. The second-order valence-electron chi connectivity index (χ2n) is 12.6. The molecule has 0 saturated carbocycles. The number of allylic oxidation sites excluding steroid dienone is 1. The first kappa shape index (κ1) is 32.6. The van der Waals surface area contributed by atoms with Crippen molar-refractivity contribution in [2.45, 2.75) is 119 Å². The normalized spacial score (nSPS) is 30.4. The van der Waals surface area contributed by atoms with E-state index in [1.54, 1.807) is 18.3 Å². The Hall–Kier alpha value is -1.61. The Morgan fingerprint density at radius 1 is 1.24 bits per heavy atom. The minimum absolute atomic E-state index is 0.00808. The van der Waals surface area contributed by atoms with E-state index < -0.39 is 38.0 Å². The predicted octanol–water partition coefficient (Wildman–Crippen LogP) is 7.13. The number of ether oxygens (including phenoxy) is 1. The number of cyclic esters (lactones) is 1. The molecule has 1 aromatic heterocycles. The second kappa shape index (κ2) is 13.6. The molecule has 38 heavy (non-hydrogen) atoms. The Bertz CT molecular complexity index is 1020. The van der Waals surface area contributed by atoms with Crippen LogP contribution in [0.4, 0.5) is 0 Å². The number of nitrogens with zero attached hydrogens (tertiary/aromatic N) is 1. The molecule has 0 aromatic carbocycles. The molecular formula is C30H49NO5SSi. The highest BCUT2D eigenvalue weighted by Crippen LogP contribution is 2.35. The van der Waals surface area contributed by atoms with E-state index in [2.05, 4.69) is 37.6 Å². The molecule has 2 rings (SSSR count). The fourth-order valence-corrected chi connectivity index (χ4v) is 6.81.